The molecular weight excluding hydrogens is 320 g/mol. The number of rotatable bonds is 6. The lowest BCUT2D eigenvalue weighted by Crippen LogP contribution is -2.37. The molecule has 138 valence electrons. The fraction of sp³-hybridized carbons (Fsp3) is 0.348. The maximum atomic E-state index is 10.9. The van der Waals surface area contributed by atoms with Gasteiger partial charge in [-0.3, -0.25) is 0 Å². The Morgan fingerprint density at radius 2 is 1.50 bits per heavy atom. The van der Waals surface area contributed by atoms with Crippen molar-refractivity contribution >= 4 is 0 Å². The number of nitrogens with zero attached hydrogens (tertiary/aromatic N) is 2. The second-order valence-corrected chi connectivity index (χ2v) is 7.20. The van der Waals surface area contributed by atoms with E-state index < -0.39 is 6.10 Å². The monoisotopic (exact) mass is 350 g/mol. The Bertz CT molecular complexity index is 682. The molecule has 0 spiro atoms. The largest absolute Gasteiger partial charge is 0.390 e. The van der Waals surface area contributed by atoms with Crippen LogP contribution in [0.4, 0.5) is 0 Å². The topological polar surface area (TPSA) is 38.0 Å². The van der Waals surface area contributed by atoms with Crippen LogP contribution in [0, 0.1) is 5.41 Å². The van der Waals surface area contributed by atoms with Gasteiger partial charge in [0.25, 0.3) is 0 Å². The standard InChI is InChI=1S/C17H24N2O.C6H6/c1-4-10-17(2,3)16(20)15(19-12-11-18-13-19)14-8-6-5-7-9-14;1-2-4-6-5-3-1/h5-9,11-13,15-16,20H,4,10H2,1-3H3;1-6H. The highest BCUT2D eigenvalue weighted by Gasteiger charge is 2.35. The lowest BCUT2D eigenvalue weighted by Gasteiger charge is -2.36. The number of aliphatic hydroxyl groups excluding tert-OH is 1. The van der Waals surface area contributed by atoms with Crippen LogP contribution >= 0.6 is 0 Å². The zero-order chi connectivity index (χ0) is 18.8. The van der Waals surface area contributed by atoms with Gasteiger partial charge >= 0.3 is 0 Å². The summed E-state index contributed by atoms with van der Waals surface area (Å²) in [5.41, 5.74) is 0.974. The Balaban J connectivity index is 0.000000342. The predicted octanol–water partition coefficient (Wildman–Crippen LogP) is 5.35. The molecular formula is C23H30N2O. The van der Waals surface area contributed by atoms with Gasteiger partial charge in [0.05, 0.1) is 18.5 Å². The van der Waals surface area contributed by atoms with Crippen molar-refractivity contribution < 1.29 is 5.11 Å². The maximum absolute atomic E-state index is 10.9. The minimum Gasteiger partial charge on any atom is -0.390 e. The quantitative estimate of drug-likeness (QED) is 0.651. The van der Waals surface area contributed by atoms with Gasteiger partial charge in [-0.1, -0.05) is 93.9 Å². The summed E-state index contributed by atoms with van der Waals surface area (Å²) in [6, 6.07) is 22.1. The van der Waals surface area contributed by atoms with E-state index in [9.17, 15) is 5.11 Å². The zero-order valence-electron chi connectivity index (χ0n) is 16.0. The van der Waals surface area contributed by atoms with Crippen LogP contribution in [-0.4, -0.2) is 20.8 Å². The molecule has 3 nitrogen and oxygen atoms in total. The van der Waals surface area contributed by atoms with Gasteiger partial charge in [0.2, 0.25) is 0 Å². The Kier molecular flexibility index (Phi) is 7.61. The molecule has 1 heterocycles. The van der Waals surface area contributed by atoms with Gasteiger partial charge < -0.3 is 9.67 Å². The van der Waals surface area contributed by atoms with E-state index in [1.807, 2.05) is 65.4 Å². The summed E-state index contributed by atoms with van der Waals surface area (Å²) in [6.07, 6.45) is 7.06. The first kappa shape index (κ1) is 19.9. The molecule has 0 amide bonds. The molecule has 2 atom stereocenters. The van der Waals surface area contributed by atoms with E-state index in [1.165, 1.54) is 0 Å². The molecule has 2 unspecified atom stereocenters. The number of benzene rings is 2. The van der Waals surface area contributed by atoms with Gasteiger partial charge in [-0.05, 0) is 17.4 Å². The number of imidazole rings is 1. The van der Waals surface area contributed by atoms with Gasteiger partial charge in [0.15, 0.2) is 0 Å². The third-order valence-electron chi connectivity index (χ3n) is 4.65. The highest BCUT2D eigenvalue weighted by atomic mass is 16.3. The molecule has 1 aromatic heterocycles. The van der Waals surface area contributed by atoms with Crippen LogP contribution in [0.3, 0.4) is 0 Å². The molecule has 26 heavy (non-hydrogen) atoms. The molecule has 0 aliphatic carbocycles. The first-order valence-electron chi connectivity index (χ1n) is 9.26. The van der Waals surface area contributed by atoms with Crippen LogP contribution in [0.5, 0.6) is 0 Å². The van der Waals surface area contributed by atoms with Crippen LogP contribution in [0.1, 0.15) is 45.2 Å². The van der Waals surface area contributed by atoms with Crippen molar-refractivity contribution in [1.29, 1.82) is 0 Å². The second kappa shape index (κ2) is 9.93. The lowest BCUT2D eigenvalue weighted by molar-refractivity contribution is 0.0128. The normalized spacial score (nSPS) is 13.4. The molecule has 0 bridgehead atoms. The summed E-state index contributed by atoms with van der Waals surface area (Å²) >= 11 is 0. The van der Waals surface area contributed by atoms with E-state index in [4.69, 9.17) is 0 Å². The smallest absolute Gasteiger partial charge is 0.0952 e. The molecule has 0 saturated carbocycles. The second-order valence-electron chi connectivity index (χ2n) is 7.20. The van der Waals surface area contributed by atoms with E-state index in [1.54, 1.807) is 12.5 Å². The van der Waals surface area contributed by atoms with Crippen LogP contribution in [0.15, 0.2) is 85.5 Å². The Morgan fingerprint density at radius 3 is 1.96 bits per heavy atom. The van der Waals surface area contributed by atoms with E-state index in [2.05, 4.69) is 37.9 Å². The van der Waals surface area contributed by atoms with Gasteiger partial charge in [0.1, 0.15) is 0 Å². The van der Waals surface area contributed by atoms with Gasteiger partial charge in [-0.15, -0.1) is 0 Å². The molecule has 0 aliphatic rings. The molecule has 3 rings (SSSR count). The fourth-order valence-electron chi connectivity index (χ4n) is 3.21. The molecule has 3 heteroatoms. The Hall–Kier alpha value is -2.39. The van der Waals surface area contributed by atoms with Crippen LogP contribution in [0.2, 0.25) is 0 Å². The van der Waals surface area contributed by atoms with E-state index >= 15 is 0 Å². The minimum absolute atomic E-state index is 0.0970. The highest BCUT2D eigenvalue weighted by Crippen LogP contribution is 2.36. The van der Waals surface area contributed by atoms with Crippen molar-refractivity contribution in [2.75, 3.05) is 0 Å². The highest BCUT2D eigenvalue weighted by molar-refractivity contribution is 5.22. The van der Waals surface area contributed by atoms with Crippen LogP contribution in [0.25, 0.3) is 0 Å². The molecule has 0 fully saturated rings. The summed E-state index contributed by atoms with van der Waals surface area (Å²) in [5, 5.41) is 10.9. The van der Waals surface area contributed by atoms with Gasteiger partial charge in [-0.25, -0.2) is 4.98 Å². The number of aromatic nitrogens is 2. The predicted molar refractivity (Wildman–Crippen MR) is 108 cm³/mol. The molecule has 0 aliphatic heterocycles. The first-order chi connectivity index (χ1) is 12.6. The van der Waals surface area contributed by atoms with Crippen molar-refractivity contribution in [1.82, 2.24) is 9.55 Å². The van der Waals surface area contributed by atoms with Crippen molar-refractivity contribution in [3.63, 3.8) is 0 Å². The molecule has 0 saturated heterocycles. The van der Waals surface area contributed by atoms with Crippen molar-refractivity contribution in [2.24, 2.45) is 5.41 Å². The number of hydrogen-bond acceptors (Lipinski definition) is 2. The summed E-state index contributed by atoms with van der Waals surface area (Å²) in [4.78, 5) is 4.13. The number of aliphatic hydroxyl groups is 1. The zero-order valence-corrected chi connectivity index (χ0v) is 16.0. The average Bonchev–Trinajstić information content (AvgIpc) is 3.19. The van der Waals surface area contributed by atoms with E-state index in [0.29, 0.717) is 0 Å². The van der Waals surface area contributed by atoms with Crippen LogP contribution < -0.4 is 0 Å². The summed E-state index contributed by atoms with van der Waals surface area (Å²) < 4.78 is 2.00. The van der Waals surface area contributed by atoms with E-state index in [0.717, 1.165) is 18.4 Å². The molecule has 2 aromatic carbocycles. The Labute approximate surface area is 157 Å². The maximum Gasteiger partial charge on any atom is 0.0952 e. The summed E-state index contributed by atoms with van der Waals surface area (Å²) in [5.74, 6) is 0. The lowest BCUT2D eigenvalue weighted by atomic mass is 9.77. The SMILES string of the molecule is CCCC(C)(C)C(O)C(c1ccccc1)n1ccnc1.c1ccccc1. The number of hydrogen-bond donors (Lipinski definition) is 1. The van der Waals surface area contributed by atoms with Crippen molar-refractivity contribution in [3.8, 4) is 0 Å². The van der Waals surface area contributed by atoms with Crippen LogP contribution in [-0.2, 0) is 0 Å². The fourth-order valence-corrected chi connectivity index (χ4v) is 3.21. The van der Waals surface area contributed by atoms with Crippen molar-refractivity contribution in [3.05, 3.63) is 91.0 Å². The average molecular weight is 351 g/mol. The Morgan fingerprint density at radius 1 is 0.962 bits per heavy atom. The molecule has 0 radical (unpaired) electrons. The minimum atomic E-state index is -0.459. The van der Waals surface area contributed by atoms with Gasteiger partial charge in [0, 0.05) is 12.4 Å². The summed E-state index contributed by atoms with van der Waals surface area (Å²) in [7, 11) is 0. The summed E-state index contributed by atoms with van der Waals surface area (Å²) in [6.45, 7) is 6.42. The molecule has 1 N–H and O–H groups in total. The van der Waals surface area contributed by atoms with Crippen molar-refractivity contribution in [2.45, 2.75) is 45.8 Å². The van der Waals surface area contributed by atoms with Gasteiger partial charge in [-0.2, -0.15) is 0 Å². The third-order valence-corrected chi connectivity index (χ3v) is 4.65. The third kappa shape index (κ3) is 5.57. The first-order valence-corrected chi connectivity index (χ1v) is 9.26. The van der Waals surface area contributed by atoms with E-state index in [-0.39, 0.29) is 11.5 Å². The molecule has 3 aromatic rings.